The SMILES string of the molecule is CC(C)(CC(=O)CC1(CC(=O)c2cn(-c3ccc(F)cc3F)nn2)CN(C2CCCCC2)C1)c1cccc(Cl)c1. The van der Waals surface area contributed by atoms with Crippen LogP contribution in [0, 0.1) is 17.0 Å². The molecule has 0 bridgehead atoms. The number of likely N-dealkylation sites (tertiary alicyclic amines) is 1. The fourth-order valence-corrected chi connectivity index (χ4v) is 6.59. The van der Waals surface area contributed by atoms with Crippen molar-refractivity contribution in [3.05, 3.63) is 76.6 Å². The Hall–Kier alpha value is -2.97. The number of hydrogen-bond acceptors (Lipinski definition) is 5. The van der Waals surface area contributed by atoms with E-state index in [2.05, 4.69) is 15.2 Å². The van der Waals surface area contributed by atoms with E-state index in [9.17, 15) is 18.4 Å². The molecule has 212 valence electrons. The van der Waals surface area contributed by atoms with E-state index in [1.807, 2.05) is 38.1 Å². The van der Waals surface area contributed by atoms with Crippen LogP contribution in [0.3, 0.4) is 0 Å². The Bertz CT molecular complexity index is 1390. The van der Waals surface area contributed by atoms with Gasteiger partial charge in [0.05, 0.1) is 6.20 Å². The van der Waals surface area contributed by atoms with Gasteiger partial charge in [-0.1, -0.05) is 62.1 Å². The van der Waals surface area contributed by atoms with Crippen LogP contribution in [-0.4, -0.2) is 50.6 Å². The topological polar surface area (TPSA) is 68.1 Å². The molecule has 2 fully saturated rings. The molecule has 0 amide bonds. The van der Waals surface area contributed by atoms with E-state index in [-0.39, 0.29) is 29.4 Å². The first-order valence-corrected chi connectivity index (χ1v) is 14.3. The minimum atomic E-state index is -0.796. The van der Waals surface area contributed by atoms with Gasteiger partial charge in [-0.2, -0.15) is 0 Å². The Morgan fingerprint density at radius 2 is 1.80 bits per heavy atom. The van der Waals surface area contributed by atoms with Gasteiger partial charge in [-0.05, 0) is 48.1 Å². The summed E-state index contributed by atoms with van der Waals surface area (Å²) in [6, 6.07) is 11.2. The highest BCUT2D eigenvalue weighted by molar-refractivity contribution is 6.30. The third-order valence-corrected chi connectivity index (χ3v) is 8.69. The molecule has 0 unspecified atom stereocenters. The second-order valence-electron chi connectivity index (χ2n) is 12.2. The molecule has 9 heteroatoms. The number of ketones is 2. The number of carbonyl (C=O) groups excluding carboxylic acids is 2. The third-order valence-electron chi connectivity index (χ3n) is 8.46. The van der Waals surface area contributed by atoms with E-state index in [0.29, 0.717) is 37.0 Å². The standard InChI is InChI=1S/C31H35ClF2N4O2/c1-30(2,21-7-6-8-22(32)13-21)15-25(39)16-31(19-37(20-31)24-9-4-3-5-10-24)17-29(40)27-18-38(36-35-27)28-12-11-23(33)14-26(28)34/h6-8,11-14,18,24H,3-5,9-10,15-17,19-20H2,1-2H3. The molecule has 2 heterocycles. The van der Waals surface area contributed by atoms with Crippen LogP contribution < -0.4 is 0 Å². The Labute approximate surface area is 238 Å². The maximum atomic E-state index is 14.3. The summed E-state index contributed by atoms with van der Waals surface area (Å²) in [5.41, 5.74) is 0.225. The van der Waals surface area contributed by atoms with E-state index < -0.39 is 22.5 Å². The summed E-state index contributed by atoms with van der Waals surface area (Å²) < 4.78 is 28.7. The van der Waals surface area contributed by atoms with Crippen molar-refractivity contribution in [2.75, 3.05) is 13.1 Å². The smallest absolute Gasteiger partial charge is 0.185 e. The zero-order valence-corrected chi connectivity index (χ0v) is 23.8. The highest BCUT2D eigenvalue weighted by Gasteiger charge is 2.48. The monoisotopic (exact) mass is 568 g/mol. The van der Waals surface area contributed by atoms with Gasteiger partial charge in [-0.3, -0.25) is 14.5 Å². The van der Waals surface area contributed by atoms with E-state index in [0.717, 1.165) is 35.2 Å². The maximum absolute atomic E-state index is 14.3. The number of carbonyl (C=O) groups is 2. The van der Waals surface area contributed by atoms with Gasteiger partial charge in [-0.25, -0.2) is 13.5 Å². The first kappa shape index (κ1) is 28.6. The van der Waals surface area contributed by atoms with E-state index >= 15 is 0 Å². The molecule has 1 saturated heterocycles. The van der Waals surface area contributed by atoms with Crippen LogP contribution in [0.1, 0.15) is 81.3 Å². The van der Waals surface area contributed by atoms with Gasteiger partial charge in [0.1, 0.15) is 23.0 Å². The molecule has 2 aromatic carbocycles. The summed E-state index contributed by atoms with van der Waals surface area (Å²) in [5.74, 6) is -1.62. The van der Waals surface area contributed by atoms with Crippen LogP contribution in [0.2, 0.25) is 5.02 Å². The van der Waals surface area contributed by atoms with Crippen LogP contribution >= 0.6 is 11.6 Å². The number of rotatable bonds is 10. The summed E-state index contributed by atoms with van der Waals surface area (Å²) >= 11 is 6.21. The highest BCUT2D eigenvalue weighted by atomic mass is 35.5. The molecule has 3 aromatic rings. The first-order chi connectivity index (χ1) is 19.0. The lowest BCUT2D eigenvalue weighted by Crippen LogP contribution is -2.61. The molecule has 6 nitrogen and oxygen atoms in total. The molecule has 5 rings (SSSR count). The zero-order valence-electron chi connectivity index (χ0n) is 23.0. The quantitative estimate of drug-likeness (QED) is 0.254. The summed E-state index contributed by atoms with van der Waals surface area (Å²) in [4.78, 5) is 29.4. The highest BCUT2D eigenvalue weighted by Crippen LogP contribution is 2.43. The summed E-state index contributed by atoms with van der Waals surface area (Å²) in [5, 5.41) is 8.53. The zero-order chi connectivity index (χ0) is 28.5. The van der Waals surface area contributed by atoms with Crippen LogP contribution in [-0.2, 0) is 10.2 Å². The molecule has 2 aliphatic rings. The lowest BCUT2D eigenvalue weighted by Gasteiger charge is -2.54. The second kappa shape index (κ2) is 11.5. The van der Waals surface area contributed by atoms with Crippen molar-refractivity contribution in [3.63, 3.8) is 0 Å². The average Bonchev–Trinajstić information content (AvgIpc) is 3.37. The van der Waals surface area contributed by atoms with Gasteiger partial charge in [0.2, 0.25) is 0 Å². The minimum absolute atomic E-state index is 0.00760. The molecule has 40 heavy (non-hydrogen) atoms. The molecular formula is C31H35ClF2N4O2. The number of Topliss-reactive ketones (excluding diaryl/α,β-unsaturated/α-hetero) is 2. The van der Waals surface area contributed by atoms with Gasteiger partial charge < -0.3 is 0 Å². The van der Waals surface area contributed by atoms with E-state index in [4.69, 9.17) is 11.6 Å². The molecule has 0 spiro atoms. The van der Waals surface area contributed by atoms with Crippen molar-refractivity contribution < 1.29 is 18.4 Å². The summed E-state index contributed by atoms with van der Waals surface area (Å²) in [6.07, 6.45) is 8.15. The normalized spacial score (nSPS) is 17.9. The summed E-state index contributed by atoms with van der Waals surface area (Å²) in [6.45, 7) is 5.45. The summed E-state index contributed by atoms with van der Waals surface area (Å²) in [7, 11) is 0. The number of hydrogen-bond donors (Lipinski definition) is 0. The van der Waals surface area contributed by atoms with Gasteiger partial charge >= 0.3 is 0 Å². The van der Waals surface area contributed by atoms with Crippen molar-refractivity contribution in [1.29, 1.82) is 0 Å². The van der Waals surface area contributed by atoms with Gasteiger partial charge in [0, 0.05) is 54.9 Å². The lowest BCUT2D eigenvalue weighted by molar-refractivity contribution is -0.127. The van der Waals surface area contributed by atoms with Crippen LogP contribution in [0.15, 0.2) is 48.7 Å². The first-order valence-electron chi connectivity index (χ1n) is 14.0. The number of halogens is 3. The second-order valence-corrected chi connectivity index (χ2v) is 12.7. The lowest BCUT2D eigenvalue weighted by atomic mass is 9.68. The van der Waals surface area contributed by atoms with Crippen molar-refractivity contribution in [2.45, 2.75) is 76.7 Å². The molecule has 1 aromatic heterocycles. The molecule has 1 aliphatic carbocycles. The number of benzene rings is 2. The fraction of sp³-hybridized carbons (Fsp3) is 0.484. The average molecular weight is 569 g/mol. The molecule has 1 saturated carbocycles. The number of aromatic nitrogens is 3. The molecule has 0 radical (unpaired) electrons. The Kier molecular flexibility index (Phi) is 8.20. The van der Waals surface area contributed by atoms with Gasteiger partial charge in [-0.15, -0.1) is 5.10 Å². The van der Waals surface area contributed by atoms with Gasteiger partial charge in [0.15, 0.2) is 11.6 Å². The van der Waals surface area contributed by atoms with Gasteiger partial charge in [0.25, 0.3) is 0 Å². The number of nitrogens with zero attached hydrogens (tertiary/aromatic N) is 4. The molecule has 0 atom stereocenters. The largest absolute Gasteiger partial charge is 0.300 e. The fourth-order valence-electron chi connectivity index (χ4n) is 6.40. The predicted octanol–water partition coefficient (Wildman–Crippen LogP) is 6.73. The van der Waals surface area contributed by atoms with Crippen molar-refractivity contribution in [1.82, 2.24) is 19.9 Å². The molecule has 0 N–H and O–H groups in total. The van der Waals surface area contributed by atoms with Crippen LogP contribution in [0.5, 0.6) is 0 Å². The molecule has 1 aliphatic heterocycles. The van der Waals surface area contributed by atoms with Crippen molar-refractivity contribution in [2.24, 2.45) is 5.41 Å². The maximum Gasteiger partial charge on any atom is 0.185 e. The third kappa shape index (κ3) is 6.33. The Balaban J connectivity index is 1.31. The predicted molar refractivity (Wildman–Crippen MR) is 150 cm³/mol. The van der Waals surface area contributed by atoms with Crippen molar-refractivity contribution >= 4 is 23.2 Å². The van der Waals surface area contributed by atoms with Crippen LogP contribution in [0.4, 0.5) is 8.78 Å². The van der Waals surface area contributed by atoms with Crippen LogP contribution in [0.25, 0.3) is 5.69 Å². The molecular weight excluding hydrogens is 534 g/mol. The Morgan fingerprint density at radius 1 is 1.05 bits per heavy atom. The van der Waals surface area contributed by atoms with Crippen molar-refractivity contribution in [3.8, 4) is 5.69 Å². The Morgan fingerprint density at radius 3 is 2.50 bits per heavy atom. The van der Waals surface area contributed by atoms with E-state index in [1.54, 1.807) is 0 Å². The van der Waals surface area contributed by atoms with E-state index in [1.165, 1.54) is 31.5 Å². The minimum Gasteiger partial charge on any atom is -0.300 e.